The van der Waals surface area contributed by atoms with Crippen molar-refractivity contribution in [3.63, 3.8) is 0 Å². The predicted molar refractivity (Wildman–Crippen MR) is 184 cm³/mol. The van der Waals surface area contributed by atoms with Crippen molar-refractivity contribution in [2.45, 2.75) is 233 Å². The highest BCUT2D eigenvalue weighted by molar-refractivity contribution is 4.89. The van der Waals surface area contributed by atoms with Gasteiger partial charge in [0.25, 0.3) is 5.82 Å². The molecule has 1 rings (SSSR count). The van der Waals surface area contributed by atoms with Gasteiger partial charge in [-0.05, 0) is 25.7 Å². The molecule has 242 valence electrons. The van der Waals surface area contributed by atoms with Crippen LogP contribution in [-0.2, 0) is 13.1 Å². The van der Waals surface area contributed by atoms with E-state index in [1.54, 1.807) is 5.82 Å². The van der Waals surface area contributed by atoms with Gasteiger partial charge in [-0.3, -0.25) is 0 Å². The average molecular weight is 574 g/mol. The van der Waals surface area contributed by atoms with Crippen LogP contribution >= 0.6 is 0 Å². The Hall–Kier alpha value is -0.790. The molecule has 0 N–H and O–H groups in total. The normalized spacial score (nSPS) is 11.7. The molecule has 0 aliphatic carbocycles. The molecule has 0 amide bonds. The van der Waals surface area contributed by atoms with Crippen LogP contribution in [0.2, 0.25) is 0 Å². The van der Waals surface area contributed by atoms with Crippen molar-refractivity contribution in [3.8, 4) is 0 Å². The van der Waals surface area contributed by atoms with Gasteiger partial charge >= 0.3 is 0 Å². The molecule has 0 bridgehead atoms. The third kappa shape index (κ3) is 22.4. The second kappa shape index (κ2) is 29.3. The first-order valence-electron chi connectivity index (χ1n) is 19.3. The SMILES string of the molecule is CCCCCCCCCCCCCCCCCCC[n+]1ccn(CCCCCCCCCCCCCC)c1C(C)C. The van der Waals surface area contributed by atoms with Gasteiger partial charge in [-0.2, -0.15) is 0 Å². The number of imidazole rings is 1. The van der Waals surface area contributed by atoms with Crippen LogP contribution in [0.15, 0.2) is 12.4 Å². The quantitative estimate of drug-likeness (QED) is 0.0598. The van der Waals surface area contributed by atoms with E-state index in [4.69, 9.17) is 0 Å². The van der Waals surface area contributed by atoms with Crippen LogP contribution in [0.3, 0.4) is 0 Å². The van der Waals surface area contributed by atoms with Crippen LogP contribution < -0.4 is 4.57 Å². The first kappa shape index (κ1) is 38.2. The summed E-state index contributed by atoms with van der Waals surface area (Å²) in [5, 5.41) is 0. The lowest BCUT2D eigenvalue weighted by molar-refractivity contribution is -0.705. The van der Waals surface area contributed by atoms with Gasteiger partial charge in [0, 0.05) is 0 Å². The highest BCUT2D eigenvalue weighted by atomic mass is 15.1. The number of rotatable bonds is 32. The number of unbranched alkanes of at least 4 members (excludes halogenated alkanes) is 27. The van der Waals surface area contributed by atoms with Gasteiger partial charge in [-0.25, -0.2) is 9.13 Å². The average Bonchev–Trinajstić information content (AvgIpc) is 3.38. The second-order valence-electron chi connectivity index (χ2n) is 13.7. The minimum absolute atomic E-state index is 0.605. The van der Waals surface area contributed by atoms with Gasteiger partial charge in [0.1, 0.15) is 12.4 Å². The third-order valence-electron chi connectivity index (χ3n) is 9.29. The highest BCUT2D eigenvalue weighted by Gasteiger charge is 2.20. The summed E-state index contributed by atoms with van der Waals surface area (Å²) in [6.45, 7) is 11.8. The fraction of sp³-hybridized carbons (Fsp3) is 0.923. The van der Waals surface area contributed by atoms with Crippen molar-refractivity contribution in [2.75, 3.05) is 0 Å². The molecule has 0 fully saturated rings. The summed E-state index contributed by atoms with van der Waals surface area (Å²) in [4.78, 5) is 0. The van der Waals surface area contributed by atoms with Gasteiger partial charge in [0.15, 0.2) is 0 Å². The Morgan fingerprint density at radius 3 is 1.12 bits per heavy atom. The largest absolute Gasteiger partial charge is 0.258 e. The minimum atomic E-state index is 0.605. The maximum Gasteiger partial charge on any atom is 0.258 e. The molecule has 0 saturated carbocycles. The molecule has 0 atom stereocenters. The minimum Gasteiger partial charge on any atom is -0.234 e. The van der Waals surface area contributed by atoms with Crippen molar-refractivity contribution in [3.05, 3.63) is 18.2 Å². The molecule has 0 saturated heterocycles. The Balaban J connectivity index is 1.99. The molecule has 1 heterocycles. The first-order valence-corrected chi connectivity index (χ1v) is 19.3. The Morgan fingerprint density at radius 2 is 0.780 bits per heavy atom. The second-order valence-corrected chi connectivity index (χ2v) is 13.7. The molecule has 0 spiro atoms. The zero-order chi connectivity index (χ0) is 29.6. The van der Waals surface area contributed by atoms with E-state index in [0.717, 1.165) is 0 Å². The van der Waals surface area contributed by atoms with E-state index >= 15 is 0 Å². The van der Waals surface area contributed by atoms with Gasteiger partial charge < -0.3 is 0 Å². The van der Waals surface area contributed by atoms with E-state index < -0.39 is 0 Å². The molecule has 2 nitrogen and oxygen atoms in total. The topological polar surface area (TPSA) is 8.81 Å². The predicted octanol–water partition coefficient (Wildman–Crippen LogP) is 13.3. The zero-order valence-electron chi connectivity index (χ0n) is 29.0. The lowest BCUT2D eigenvalue weighted by atomic mass is 10.0. The molecule has 0 aliphatic heterocycles. The Labute approximate surface area is 259 Å². The fourth-order valence-electron chi connectivity index (χ4n) is 6.65. The number of nitrogens with zero attached hydrogens (tertiary/aromatic N) is 2. The summed E-state index contributed by atoms with van der Waals surface area (Å²) in [5.41, 5.74) is 0. The van der Waals surface area contributed by atoms with Crippen LogP contribution in [0.25, 0.3) is 0 Å². The van der Waals surface area contributed by atoms with Gasteiger partial charge in [-0.1, -0.05) is 188 Å². The summed E-state index contributed by atoms with van der Waals surface area (Å²) >= 11 is 0. The fourth-order valence-corrected chi connectivity index (χ4v) is 6.65. The van der Waals surface area contributed by atoms with Crippen molar-refractivity contribution in [2.24, 2.45) is 0 Å². The van der Waals surface area contributed by atoms with E-state index in [1.165, 1.54) is 199 Å². The lowest BCUT2D eigenvalue weighted by Crippen LogP contribution is -2.38. The third-order valence-corrected chi connectivity index (χ3v) is 9.29. The van der Waals surface area contributed by atoms with Gasteiger partial charge in [0.2, 0.25) is 0 Å². The number of aryl methyl sites for hydroxylation is 2. The number of hydrogen-bond donors (Lipinski definition) is 0. The van der Waals surface area contributed by atoms with Gasteiger partial charge in [-0.15, -0.1) is 0 Å². The van der Waals surface area contributed by atoms with E-state index in [0.29, 0.717) is 5.92 Å². The number of hydrogen-bond acceptors (Lipinski definition) is 0. The molecule has 0 radical (unpaired) electrons. The highest BCUT2D eigenvalue weighted by Crippen LogP contribution is 2.16. The maximum absolute atomic E-state index is 2.57. The van der Waals surface area contributed by atoms with Crippen LogP contribution in [0.5, 0.6) is 0 Å². The molecular weight excluding hydrogens is 496 g/mol. The summed E-state index contributed by atoms with van der Waals surface area (Å²) in [6, 6.07) is 0. The van der Waals surface area contributed by atoms with E-state index in [1.807, 2.05) is 0 Å². The molecule has 2 heteroatoms. The lowest BCUT2D eigenvalue weighted by Gasteiger charge is -2.08. The van der Waals surface area contributed by atoms with E-state index in [9.17, 15) is 0 Å². The van der Waals surface area contributed by atoms with Gasteiger partial charge in [0.05, 0.1) is 19.0 Å². The Bertz CT molecular complexity index is 646. The van der Waals surface area contributed by atoms with Crippen molar-refractivity contribution >= 4 is 0 Å². The Morgan fingerprint density at radius 1 is 0.463 bits per heavy atom. The zero-order valence-corrected chi connectivity index (χ0v) is 29.0. The Kier molecular flexibility index (Phi) is 27.3. The van der Waals surface area contributed by atoms with Crippen molar-refractivity contribution < 1.29 is 4.57 Å². The number of aromatic nitrogens is 2. The first-order chi connectivity index (χ1) is 20.2. The summed E-state index contributed by atoms with van der Waals surface area (Å²) in [7, 11) is 0. The molecule has 0 aromatic carbocycles. The van der Waals surface area contributed by atoms with E-state index in [2.05, 4.69) is 49.2 Å². The van der Waals surface area contributed by atoms with Crippen molar-refractivity contribution in [1.82, 2.24) is 4.57 Å². The summed E-state index contributed by atoms with van der Waals surface area (Å²) < 4.78 is 5.13. The summed E-state index contributed by atoms with van der Waals surface area (Å²) in [5.74, 6) is 2.15. The monoisotopic (exact) mass is 574 g/mol. The molecule has 41 heavy (non-hydrogen) atoms. The van der Waals surface area contributed by atoms with Crippen LogP contribution in [-0.4, -0.2) is 4.57 Å². The molecule has 1 aromatic rings. The molecular formula is C39H77N2+. The molecule has 0 unspecified atom stereocenters. The standard InChI is InChI=1S/C39H77N2/c1-5-7-9-11-13-15-17-19-20-21-22-23-25-27-29-31-33-35-41-37-36-40(39(41)38(3)4)34-32-30-28-26-24-18-16-14-12-10-8-6-2/h36-38H,5-35H2,1-4H3/q+1. The van der Waals surface area contributed by atoms with E-state index in [-0.39, 0.29) is 0 Å². The van der Waals surface area contributed by atoms with Crippen LogP contribution in [0.4, 0.5) is 0 Å². The molecule has 1 aromatic heterocycles. The van der Waals surface area contributed by atoms with Crippen LogP contribution in [0.1, 0.15) is 226 Å². The smallest absolute Gasteiger partial charge is 0.234 e. The van der Waals surface area contributed by atoms with Crippen molar-refractivity contribution in [1.29, 1.82) is 0 Å². The maximum atomic E-state index is 2.57. The van der Waals surface area contributed by atoms with Crippen LogP contribution in [0, 0.1) is 0 Å². The summed E-state index contributed by atoms with van der Waals surface area (Å²) in [6.07, 6.45) is 46.4. The molecule has 0 aliphatic rings.